The van der Waals surface area contributed by atoms with E-state index >= 15 is 0 Å². The van der Waals surface area contributed by atoms with Gasteiger partial charge in [-0.25, -0.2) is 0 Å². The van der Waals surface area contributed by atoms with Gasteiger partial charge in [-0.3, -0.25) is 4.79 Å². The number of carbonyl (C=O) groups excluding carboxylic acids is 1. The van der Waals surface area contributed by atoms with Crippen LogP contribution in [0.2, 0.25) is 0 Å². The van der Waals surface area contributed by atoms with Crippen LogP contribution < -0.4 is 4.57 Å². The summed E-state index contributed by atoms with van der Waals surface area (Å²) in [5.41, 5.74) is 1.84. The molecule has 80 valence electrons. The van der Waals surface area contributed by atoms with Crippen molar-refractivity contribution in [3.63, 3.8) is 0 Å². The second-order valence-electron chi connectivity index (χ2n) is 3.74. The first kappa shape index (κ1) is 10.6. The van der Waals surface area contributed by atoms with Crippen molar-refractivity contribution < 1.29 is 9.36 Å². The van der Waals surface area contributed by atoms with E-state index in [1.165, 1.54) is 0 Å². The number of fused-ring (bicyclic) bond motifs is 1. The Morgan fingerprint density at radius 2 is 2.19 bits per heavy atom. The highest BCUT2D eigenvalue weighted by molar-refractivity contribution is 6.05. The fourth-order valence-electron chi connectivity index (χ4n) is 1.91. The van der Waals surface area contributed by atoms with Crippen molar-refractivity contribution in [3.05, 3.63) is 54.7 Å². The lowest BCUT2D eigenvalue weighted by Crippen LogP contribution is -2.33. The number of pyridine rings is 1. The second-order valence-corrected chi connectivity index (χ2v) is 3.74. The number of hydrogen-bond acceptors (Lipinski definition) is 1. The van der Waals surface area contributed by atoms with Gasteiger partial charge in [-0.05, 0) is 19.1 Å². The Labute approximate surface area is 94.8 Å². The highest BCUT2D eigenvalue weighted by atomic mass is 16.1. The molecule has 0 fully saturated rings. The van der Waals surface area contributed by atoms with E-state index in [4.69, 9.17) is 0 Å². The number of Topliss-reactive ketones (excluding diaryl/α,β-unsaturated/α-hetero) is 1. The zero-order valence-electron chi connectivity index (χ0n) is 9.31. The van der Waals surface area contributed by atoms with Gasteiger partial charge in [0, 0.05) is 17.7 Å². The molecule has 2 nitrogen and oxygen atoms in total. The van der Waals surface area contributed by atoms with E-state index in [-0.39, 0.29) is 5.78 Å². The maximum absolute atomic E-state index is 11.5. The first-order valence-corrected chi connectivity index (χ1v) is 5.27. The Kier molecular flexibility index (Phi) is 2.82. The van der Waals surface area contributed by atoms with Gasteiger partial charge >= 0.3 is 0 Å². The van der Waals surface area contributed by atoms with Crippen molar-refractivity contribution in [2.24, 2.45) is 0 Å². The lowest BCUT2D eigenvalue weighted by molar-refractivity contribution is -0.660. The average molecular weight is 212 g/mol. The molecule has 0 aliphatic heterocycles. The molecule has 0 N–H and O–H groups in total. The van der Waals surface area contributed by atoms with E-state index in [0.717, 1.165) is 23.0 Å². The molecular weight excluding hydrogens is 198 g/mol. The average Bonchev–Trinajstić information content (AvgIpc) is 2.29. The summed E-state index contributed by atoms with van der Waals surface area (Å²) in [6.07, 6.45) is 3.84. The molecule has 1 aromatic carbocycles. The molecule has 2 heteroatoms. The molecule has 0 saturated carbocycles. The molecule has 0 bridgehead atoms. The molecular formula is C14H14NO+. The van der Waals surface area contributed by atoms with E-state index in [1.54, 1.807) is 6.92 Å². The summed E-state index contributed by atoms with van der Waals surface area (Å²) in [6.45, 7) is 6.08. The van der Waals surface area contributed by atoms with Gasteiger partial charge in [0.05, 0.1) is 5.39 Å². The van der Waals surface area contributed by atoms with Crippen molar-refractivity contribution in [1.29, 1.82) is 0 Å². The van der Waals surface area contributed by atoms with Gasteiger partial charge in [0.2, 0.25) is 5.52 Å². The Balaban J connectivity index is 2.75. The Morgan fingerprint density at radius 3 is 2.88 bits per heavy atom. The van der Waals surface area contributed by atoms with Crippen LogP contribution in [0.1, 0.15) is 17.3 Å². The van der Waals surface area contributed by atoms with Crippen LogP contribution in [0.15, 0.2) is 49.2 Å². The predicted molar refractivity (Wildman–Crippen MR) is 64.3 cm³/mol. The van der Waals surface area contributed by atoms with Crippen LogP contribution in [0.5, 0.6) is 0 Å². The predicted octanol–water partition coefficient (Wildman–Crippen LogP) is 2.52. The Hall–Kier alpha value is -1.96. The SMILES string of the molecule is C=CC[n+]1cccc2c(C(C)=O)cccc21. The number of hydrogen-bond donors (Lipinski definition) is 0. The van der Waals surface area contributed by atoms with E-state index in [2.05, 4.69) is 11.1 Å². The lowest BCUT2D eigenvalue weighted by Gasteiger charge is -2.02. The summed E-state index contributed by atoms with van der Waals surface area (Å²) in [5.74, 6) is 0.0990. The second kappa shape index (κ2) is 4.27. The Morgan fingerprint density at radius 1 is 1.38 bits per heavy atom. The smallest absolute Gasteiger partial charge is 0.213 e. The summed E-state index contributed by atoms with van der Waals surface area (Å²) in [5, 5.41) is 0.999. The van der Waals surface area contributed by atoms with Gasteiger partial charge in [-0.2, -0.15) is 4.57 Å². The third-order valence-electron chi connectivity index (χ3n) is 2.63. The molecule has 0 aliphatic rings. The van der Waals surface area contributed by atoms with E-state index in [0.29, 0.717) is 0 Å². The van der Waals surface area contributed by atoms with Crippen molar-refractivity contribution in [2.45, 2.75) is 13.5 Å². The molecule has 0 aliphatic carbocycles. The molecule has 0 amide bonds. The molecule has 0 unspecified atom stereocenters. The zero-order chi connectivity index (χ0) is 11.5. The van der Waals surface area contributed by atoms with Crippen LogP contribution >= 0.6 is 0 Å². The summed E-state index contributed by atoms with van der Waals surface area (Å²) < 4.78 is 2.08. The number of benzene rings is 1. The molecule has 0 saturated heterocycles. The van der Waals surface area contributed by atoms with Crippen LogP contribution in [0.25, 0.3) is 10.9 Å². The Bertz CT molecular complexity index is 558. The van der Waals surface area contributed by atoms with E-state index < -0.39 is 0 Å². The highest BCUT2D eigenvalue weighted by Crippen LogP contribution is 2.15. The molecule has 2 rings (SSSR count). The first-order chi connectivity index (χ1) is 7.74. The molecule has 2 aromatic rings. The maximum Gasteiger partial charge on any atom is 0.213 e. The monoisotopic (exact) mass is 212 g/mol. The lowest BCUT2D eigenvalue weighted by atomic mass is 10.1. The summed E-state index contributed by atoms with van der Waals surface area (Å²) >= 11 is 0. The van der Waals surface area contributed by atoms with Gasteiger partial charge in [0.1, 0.15) is 0 Å². The molecule has 1 aromatic heterocycles. The number of rotatable bonds is 3. The van der Waals surface area contributed by atoms with Crippen molar-refractivity contribution in [3.8, 4) is 0 Å². The third-order valence-corrected chi connectivity index (χ3v) is 2.63. The van der Waals surface area contributed by atoms with Gasteiger partial charge in [0.25, 0.3) is 0 Å². The van der Waals surface area contributed by atoms with Crippen LogP contribution in [0, 0.1) is 0 Å². The third kappa shape index (κ3) is 1.74. The van der Waals surface area contributed by atoms with Crippen LogP contribution in [-0.4, -0.2) is 5.78 Å². The molecule has 1 heterocycles. The number of aromatic nitrogens is 1. The topological polar surface area (TPSA) is 20.9 Å². The number of ketones is 1. The van der Waals surface area contributed by atoms with E-state index in [1.807, 2.05) is 42.6 Å². The standard InChI is InChI=1S/C14H14NO/c1-3-9-15-10-5-7-13-12(11(2)16)6-4-8-14(13)15/h3-8,10H,1,9H2,2H3/q+1. The van der Waals surface area contributed by atoms with Crippen LogP contribution in [-0.2, 0) is 6.54 Å². The fraction of sp³-hybridized carbons (Fsp3) is 0.143. The van der Waals surface area contributed by atoms with Crippen molar-refractivity contribution >= 4 is 16.7 Å². The van der Waals surface area contributed by atoms with Gasteiger partial charge in [0.15, 0.2) is 18.5 Å². The molecule has 16 heavy (non-hydrogen) atoms. The largest absolute Gasteiger partial charge is 0.294 e. The minimum Gasteiger partial charge on any atom is -0.294 e. The van der Waals surface area contributed by atoms with Crippen LogP contribution in [0.3, 0.4) is 0 Å². The molecule has 0 atom stereocenters. The minimum atomic E-state index is 0.0990. The summed E-state index contributed by atoms with van der Waals surface area (Å²) in [7, 11) is 0. The number of allylic oxidation sites excluding steroid dienone is 1. The minimum absolute atomic E-state index is 0.0990. The van der Waals surface area contributed by atoms with Crippen molar-refractivity contribution in [2.75, 3.05) is 0 Å². The number of nitrogens with zero attached hydrogens (tertiary/aromatic N) is 1. The quantitative estimate of drug-likeness (QED) is 0.435. The van der Waals surface area contributed by atoms with Gasteiger partial charge in [-0.1, -0.05) is 18.7 Å². The fourth-order valence-corrected chi connectivity index (χ4v) is 1.91. The summed E-state index contributed by atoms with van der Waals surface area (Å²) in [6, 6.07) is 9.73. The maximum atomic E-state index is 11.5. The molecule has 0 radical (unpaired) electrons. The van der Waals surface area contributed by atoms with Gasteiger partial charge in [-0.15, -0.1) is 0 Å². The van der Waals surface area contributed by atoms with E-state index in [9.17, 15) is 4.79 Å². The normalized spacial score (nSPS) is 10.3. The van der Waals surface area contributed by atoms with Crippen LogP contribution in [0.4, 0.5) is 0 Å². The highest BCUT2D eigenvalue weighted by Gasteiger charge is 2.11. The first-order valence-electron chi connectivity index (χ1n) is 5.27. The zero-order valence-corrected chi connectivity index (χ0v) is 9.31. The molecule has 0 spiro atoms. The number of carbonyl (C=O) groups is 1. The summed E-state index contributed by atoms with van der Waals surface area (Å²) in [4.78, 5) is 11.5. The van der Waals surface area contributed by atoms with Gasteiger partial charge < -0.3 is 0 Å². The van der Waals surface area contributed by atoms with Crippen molar-refractivity contribution in [1.82, 2.24) is 0 Å².